The molecule has 0 bridgehead atoms. The normalized spacial score (nSPS) is 10.7. The van der Waals surface area contributed by atoms with Gasteiger partial charge >= 0.3 is 11.9 Å². The van der Waals surface area contributed by atoms with E-state index < -0.39 is 11.9 Å². The number of aryl methyl sites for hydroxylation is 4. The van der Waals surface area contributed by atoms with Gasteiger partial charge in [0.05, 0.1) is 41.0 Å². The first kappa shape index (κ1) is 50.1. The van der Waals surface area contributed by atoms with Gasteiger partial charge in [0.25, 0.3) is 0 Å². The van der Waals surface area contributed by atoms with E-state index in [1.54, 1.807) is 54.6 Å². The lowest BCUT2D eigenvalue weighted by molar-refractivity contribution is -0.115. The fourth-order valence-electron chi connectivity index (χ4n) is 8.00. The highest BCUT2D eigenvalue weighted by Crippen LogP contribution is 2.38. The molecule has 0 saturated heterocycles. The molecule has 8 aromatic rings. The lowest BCUT2D eigenvalue weighted by Gasteiger charge is -2.18. The van der Waals surface area contributed by atoms with Crippen LogP contribution in [0.3, 0.4) is 0 Å². The summed E-state index contributed by atoms with van der Waals surface area (Å²) in [5, 5.41) is 15.0. The molecule has 2 aromatic heterocycles. The van der Waals surface area contributed by atoms with Gasteiger partial charge in [-0.3, -0.25) is 9.59 Å². The van der Waals surface area contributed by atoms with Gasteiger partial charge in [0.15, 0.2) is 0 Å². The molecule has 6 aromatic carbocycles. The number of carbonyl (C=O) groups is 4. The topological polar surface area (TPSA) is 150 Å². The van der Waals surface area contributed by atoms with E-state index >= 15 is 0 Å². The summed E-state index contributed by atoms with van der Waals surface area (Å²) < 4.78 is 47.7. The Morgan fingerprint density at radius 3 is 1.32 bits per heavy atom. The van der Waals surface area contributed by atoms with E-state index in [0.717, 1.165) is 61.8 Å². The highest BCUT2D eigenvalue weighted by molar-refractivity contribution is 6.02. The predicted octanol–water partition coefficient (Wildman–Crippen LogP) is 12.4. The number of amides is 2. The molecule has 0 unspecified atom stereocenters. The van der Waals surface area contributed by atoms with Crippen LogP contribution in [0.25, 0.3) is 33.9 Å². The van der Waals surface area contributed by atoms with E-state index in [0.29, 0.717) is 22.9 Å². The summed E-state index contributed by atoms with van der Waals surface area (Å²) >= 11 is 0. The fraction of sp³-hybridized carbons (Fsp3) is 0.158. The number of benzene rings is 6. The molecule has 3 N–H and O–H groups in total. The van der Waals surface area contributed by atoms with Crippen molar-refractivity contribution in [1.29, 1.82) is 0 Å². The molecular formula is C57H52F2N4O8. The third kappa shape index (κ3) is 12.1. The standard InChI is InChI=1S/C29H27FN2O4.C28H25FN2O4/c1-18-5-14-28(36-17-21-7-9-22(30)10-8-21)25(15-18)27-13-6-19(2)32(27)23-11-12-26(31-20(3)33)24(16-23)29(34)35-4;1-17-4-13-27(35-16-20-6-8-21(29)9-7-20)24(14-17)26-12-5-18(2)31(26)22-10-11-25(30-19(3)32)23(15-22)28(33)34/h5-16H,17H2,1-4H3,(H,31,33);4-15H,16H2,1-3H3,(H,30,32)(H,33,34). The Bertz CT molecular complexity index is 3270. The first-order chi connectivity index (χ1) is 34.0. The maximum absolute atomic E-state index is 13.3. The van der Waals surface area contributed by atoms with Crippen molar-refractivity contribution in [3.05, 3.63) is 202 Å². The zero-order chi connectivity index (χ0) is 50.9. The van der Waals surface area contributed by atoms with E-state index in [1.807, 2.05) is 104 Å². The van der Waals surface area contributed by atoms with E-state index in [2.05, 4.69) is 10.6 Å². The minimum atomic E-state index is -1.14. The van der Waals surface area contributed by atoms with Crippen molar-refractivity contribution >= 4 is 35.1 Å². The molecule has 12 nitrogen and oxygen atoms in total. The number of nitrogens with one attached hydrogen (secondary N) is 2. The van der Waals surface area contributed by atoms with Crippen LogP contribution in [-0.2, 0) is 27.5 Å². The number of aromatic carboxylic acids is 1. The third-order valence-electron chi connectivity index (χ3n) is 11.4. The summed E-state index contributed by atoms with van der Waals surface area (Å²) in [5.74, 6) is -1.59. The van der Waals surface area contributed by atoms with Gasteiger partial charge in [-0.25, -0.2) is 18.4 Å². The quantitative estimate of drug-likeness (QED) is 0.0912. The van der Waals surface area contributed by atoms with Crippen LogP contribution < -0.4 is 20.1 Å². The van der Waals surface area contributed by atoms with Crippen molar-refractivity contribution in [2.75, 3.05) is 17.7 Å². The van der Waals surface area contributed by atoms with E-state index in [4.69, 9.17) is 14.2 Å². The number of carbonyl (C=O) groups excluding carboxylic acids is 3. The molecule has 0 aliphatic heterocycles. The Balaban J connectivity index is 0.000000209. The minimum Gasteiger partial charge on any atom is -0.488 e. The fourth-order valence-corrected chi connectivity index (χ4v) is 8.00. The Morgan fingerprint density at radius 2 is 0.930 bits per heavy atom. The van der Waals surface area contributed by atoms with Gasteiger partial charge in [-0.15, -0.1) is 0 Å². The smallest absolute Gasteiger partial charge is 0.340 e. The maximum atomic E-state index is 13.3. The highest BCUT2D eigenvalue weighted by atomic mass is 19.1. The van der Waals surface area contributed by atoms with Gasteiger partial charge < -0.3 is 39.1 Å². The molecule has 2 heterocycles. The zero-order valence-corrected chi connectivity index (χ0v) is 40.2. The van der Waals surface area contributed by atoms with Gasteiger partial charge in [-0.05, 0) is 148 Å². The number of methoxy groups -OCH3 is 1. The molecule has 2 amide bonds. The minimum absolute atomic E-state index is 0.00576. The van der Waals surface area contributed by atoms with Crippen molar-refractivity contribution in [3.63, 3.8) is 0 Å². The van der Waals surface area contributed by atoms with Gasteiger partial charge in [-0.2, -0.15) is 0 Å². The Hall–Kier alpha value is -8.78. The van der Waals surface area contributed by atoms with Gasteiger partial charge in [0.1, 0.15) is 36.3 Å². The molecule has 8 rings (SSSR count). The van der Waals surface area contributed by atoms with Crippen molar-refractivity contribution in [1.82, 2.24) is 9.13 Å². The van der Waals surface area contributed by atoms with Crippen LogP contribution >= 0.6 is 0 Å². The number of esters is 1. The number of hydrogen-bond donors (Lipinski definition) is 3. The Kier molecular flexibility index (Phi) is 15.6. The van der Waals surface area contributed by atoms with Gasteiger partial charge in [-0.1, -0.05) is 47.5 Å². The first-order valence-electron chi connectivity index (χ1n) is 22.5. The largest absolute Gasteiger partial charge is 0.488 e. The van der Waals surface area contributed by atoms with E-state index in [9.17, 15) is 33.1 Å². The number of carboxylic acid groups (broad SMARTS) is 1. The van der Waals surface area contributed by atoms with Crippen LogP contribution in [0, 0.1) is 39.3 Å². The molecule has 0 saturated carbocycles. The van der Waals surface area contributed by atoms with Crippen LogP contribution in [0.5, 0.6) is 11.5 Å². The summed E-state index contributed by atoms with van der Waals surface area (Å²) in [7, 11) is 1.30. The lowest BCUT2D eigenvalue weighted by Crippen LogP contribution is -2.13. The number of halogens is 2. The average Bonchev–Trinajstić information content (AvgIpc) is 3.93. The number of hydrogen-bond acceptors (Lipinski definition) is 7. The average molecular weight is 959 g/mol. The number of carboxylic acids is 1. The Morgan fingerprint density at radius 1 is 0.521 bits per heavy atom. The summed E-state index contributed by atoms with van der Waals surface area (Å²) in [6, 6.07) is 42.2. The summed E-state index contributed by atoms with van der Waals surface area (Å²) in [6.45, 7) is 11.2. The summed E-state index contributed by atoms with van der Waals surface area (Å²) in [6.07, 6.45) is 0. The summed E-state index contributed by atoms with van der Waals surface area (Å²) in [4.78, 5) is 47.5. The van der Waals surface area contributed by atoms with Crippen LogP contribution in [0.1, 0.15) is 68.2 Å². The molecule has 0 aliphatic rings. The lowest BCUT2D eigenvalue weighted by atomic mass is 10.1. The number of anilines is 2. The van der Waals surface area contributed by atoms with Crippen LogP contribution in [0.4, 0.5) is 20.2 Å². The first-order valence-corrected chi connectivity index (χ1v) is 22.5. The predicted molar refractivity (Wildman–Crippen MR) is 270 cm³/mol. The second-order valence-electron chi connectivity index (χ2n) is 16.8. The number of ether oxygens (including phenoxy) is 3. The molecular weight excluding hydrogens is 907 g/mol. The molecule has 14 heteroatoms. The van der Waals surface area contributed by atoms with Gasteiger partial charge in [0, 0.05) is 47.7 Å². The monoisotopic (exact) mass is 958 g/mol. The second kappa shape index (κ2) is 22.1. The molecule has 0 atom stereocenters. The van der Waals surface area contributed by atoms with Crippen molar-refractivity contribution in [2.24, 2.45) is 0 Å². The Labute approximate surface area is 410 Å². The number of rotatable bonds is 14. The third-order valence-corrected chi connectivity index (χ3v) is 11.4. The molecule has 0 aliphatic carbocycles. The van der Waals surface area contributed by atoms with E-state index in [-0.39, 0.29) is 53.5 Å². The molecule has 0 radical (unpaired) electrons. The van der Waals surface area contributed by atoms with Crippen LogP contribution in [0.15, 0.2) is 146 Å². The van der Waals surface area contributed by atoms with E-state index in [1.165, 1.54) is 45.2 Å². The highest BCUT2D eigenvalue weighted by Gasteiger charge is 2.21. The molecule has 0 spiro atoms. The molecule has 71 heavy (non-hydrogen) atoms. The zero-order valence-electron chi connectivity index (χ0n) is 40.2. The van der Waals surface area contributed by atoms with Crippen LogP contribution in [-0.4, -0.2) is 45.1 Å². The molecule has 0 fully saturated rings. The van der Waals surface area contributed by atoms with Gasteiger partial charge in [0.2, 0.25) is 11.8 Å². The summed E-state index contributed by atoms with van der Waals surface area (Å²) in [5.41, 5.74) is 11.2. The van der Waals surface area contributed by atoms with Crippen molar-refractivity contribution in [2.45, 2.75) is 54.8 Å². The van der Waals surface area contributed by atoms with Crippen molar-refractivity contribution in [3.8, 4) is 45.4 Å². The SMILES string of the molecule is CC(=O)Nc1ccc(-n2c(C)ccc2-c2cc(C)ccc2OCc2ccc(F)cc2)cc1C(=O)O.COC(=O)c1cc(-n2c(C)ccc2-c2cc(C)ccc2OCc2ccc(F)cc2)ccc1NC(C)=O. The molecule has 362 valence electrons. The number of nitrogens with zero attached hydrogens (tertiary/aromatic N) is 2. The number of aromatic nitrogens is 2. The van der Waals surface area contributed by atoms with Crippen LogP contribution in [0.2, 0.25) is 0 Å². The maximum Gasteiger partial charge on any atom is 0.340 e. The second-order valence-corrected chi connectivity index (χ2v) is 16.8. The van der Waals surface area contributed by atoms with Crippen molar-refractivity contribution < 1.29 is 47.3 Å².